The van der Waals surface area contributed by atoms with Crippen LogP contribution in [0.1, 0.15) is 40.9 Å². The van der Waals surface area contributed by atoms with Gasteiger partial charge in [0, 0.05) is 17.1 Å². The monoisotopic (exact) mass is 307 g/mol. The minimum absolute atomic E-state index is 0.476. The van der Waals surface area contributed by atoms with Gasteiger partial charge in [-0.2, -0.15) is 12.6 Å². The van der Waals surface area contributed by atoms with Gasteiger partial charge in [0.2, 0.25) is 0 Å². The Balaban J connectivity index is 1.96. The highest BCUT2D eigenvalue weighted by Gasteiger charge is 2.09. The van der Waals surface area contributed by atoms with E-state index in [1.54, 1.807) is 11.3 Å². The van der Waals surface area contributed by atoms with Gasteiger partial charge in [-0.25, -0.2) is 4.98 Å². The van der Waals surface area contributed by atoms with Crippen LogP contribution in [0.3, 0.4) is 0 Å². The summed E-state index contributed by atoms with van der Waals surface area (Å²) in [6.45, 7) is 7.08. The van der Waals surface area contributed by atoms with Gasteiger partial charge in [-0.15, -0.1) is 11.3 Å². The van der Waals surface area contributed by atoms with Gasteiger partial charge >= 0.3 is 0 Å². The lowest BCUT2D eigenvalue weighted by molar-refractivity contribution is 0.317. The summed E-state index contributed by atoms with van der Waals surface area (Å²) in [6.07, 6.45) is 0.853. The van der Waals surface area contributed by atoms with Crippen molar-refractivity contribution in [2.75, 3.05) is 6.61 Å². The second kappa shape index (κ2) is 7.14. The van der Waals surface area contributed by atoms with Crippen LogP contribution in [0.25, 0.3) is 0 Å². The molecule has 0 saturated heterocycles. The van der Waals surface area contributed by atoms with E-state index < -0.39 is 0 Å². The minimum Gasteiger partial charge on any atom is -0.493 e. The van der Waals surface area contributed by atoms with Gasteiger partial charge in [-0.3, -0.25) is 0 Å². The molecule has 0 bridgehead atoms. The molecule has 1 aromatic heterocycles. The first kappa shape index (κ1) is 15.4. The molecule has 0 unspecified atom stereocenters. The highest BCUT2D eigenvalue weighted by Crippen LogP contribution is 2.26. The summed E-state index contributed by atoms with van der Waals surface area (Å²) in [5.41, 5.74) is 2.36. The van der Waals surface area contributed by atoms with Gasteiger partial charge in [0.15, 0.2) is 0 Å². The molecule has 0 saturated carbocycles. The van der Waals surface area contributed by atoms with Crippen LogP contribution in [0, 0.1) is 6.92 Å². The van der Waals surface area contributed by atoms with Gasteiger partial charge in [-0.1, -0.05) is 32.0 Å². The van der Waals surface area contributed by atoms with Crippen molar-refractivity contribution in [3.8, 4) is 5.75 Å². The molecule has 0 aliphatic heterocycles. The first-order valence-electron chi connectivity index (χ1n) is 6.89. The van der Waals surface area contributed by atoms with Gasteiger partial charge in [0.05, 0.1) is 17.3 Å². The molecular weight excluding hydrogens is 286 g/mol. The number of thiazole rings is 1. The molecule has 1 aromatic carbocycles. The largest absolute Gasteiger partial charge is 0.493 e. The average Bonchev–Trinajstić information content (AvgIpc) is 2.79. The average molecular weight is 307 g/mol. The molecule has 0 radical (unpaired) electrons. The molecule has 1 heterocycles. The Morgan fingerprint density at radius 3 is 2.70 bits per heavy atom. The molecule has 2 aromatic rings. The van der Waals surface area contributed by atoms with Crippen LogP contribution in [0.15, 0.2) is 24.3 Å². The summed E-state index contributed by atoms with van der Waals surface area (Å²) in [5, 5.41) is 1.13. The lowest BCUT2D eigenvalue weighted by Crippen LogP contribution is -2.03. The third kappa shape index (κ3) is 3.76. The van der Waals surface area contributed by atoms with E-state index in [2.05, 4.69) is 43.6 Å². The molecule has 0 spiro atoms. The lowest BCUT2D eigenvalue weighted by atomic mass is 10.0. The van der Waals surface area contributed by atoms with Crippen LogP contribution in [-0.2, 0) is 12.2 Å². The highest BCUT2D eigenvalue weighted by molar-refractivity contribution is 7.79. The molecule has 4 heteroatoms. The number of aromatic nitrogens is 1. The maximum Gasteiger partial charge on any atom is 0.122 e. The molecule has 0 amide bonds. The summed E-state index contributed by atoms with van der Waals surface area (Å²) >= 11 is 6.05. The third-order valence-electron chi connectivity index (χ3n) is 3.20. The number of hydrogen-bond donors (Lipinski definition) is 1. The van der Waals surface area contributed by atoms with Crippen molar-refractivity contribution < 1.29 is 4.74 Å². The Bertz CT molecular complexity index is 563. The van der Waals surface area contributed by atoms with E-state index in [0.29, 0.717) is 12.5 Å². The molecule has 0 atom stereocenters. The predicted molar refractivity (Wildman–Crippen MR) is 89.3 cm³/mol. The zero-order valence-corrected chi connectivity index (χ0v) is 13.9. The zero-order valence-electron chi connectivity index (χ0n) is 12.2. The van der Waals surface area contributed by atoms with Crippen LogP contribution in [0.5, 0.6) is 5.75 Å². The molecule has 0 aliphatic rings. The standard InChI is InChI=1S/C16H21NOS2/c1-11(2)13-6-4-5-7-14(13)18-9-8-16-17-12(3)15(10-19)20-16/h4-7,11,19H,8-10H2,1-3H3. The number of para-hydroxylation sites is 1. The van der Waals surface area contributed by atoms with Crippen LogP contribution in [0.2, 0.25) is 0 Å². The number of thiol groups is 1. The molecule has 2 nitrogen and oxygen atoms in total. The number of hydrogen-bond acceptors (Lipinski definition) is 4. The van der Waals surface area contributed by atoms with Gasteiger partial charge in [0.25, 0.3) is 0 Å². The second-order valence-electron chi connectivity index (χ2n) is 5.07. The van der Waals surface area contributed by atoms with Gasteiger partial charge in [0.1, 0.15) is 5.75 Å². The van der Waals surface area contributed by atoms with E-state index in [4.69, 9.17) is 4.74 Å². The van der Waals surface area contributed by atoms with Crippen molar-refractivity contribution in [2.45, 2.75) is 38.9 Å². The topological polar surface area (TPSA) is 22.1 Å². The van der Waals surface area contributed by atoms with Crippen molar-refractivity contribution in [2.24, 2.45) is 0 Å². The molecule has 2 rings (SSSR count). The van der Waals surface area contributed by atoms with E-state index in [9.17, 15) is 0 Å². The fourth-order valence-corrected chi connectivity index (χ4v) is 3.41. The minimum atomic E-state index is 0.476. The second-order valence-corrected chi connectivity index (χ2v) is 6.55. The predicted octanol–water partition coefficient (Wildman–Crippen LogP) is 4.63. The van der Waals surface area contributed by atoms with Crippen molar-refractivity contribution in [1.82, 2.24) is 4.98 Å². The van der Waals surface area contributed by atoms with Crippen molar-refractivity contribution >= 4 is 24.0 Å². The normalized spacial score (nSPS) is 11.1. The van der Waals surface area contributed by atoms with E-state index >= 15 is 0 Å². The Morgan fingerprint density at radius 2 is 2.05 bits per heavy atom. The first-order valence-corrected chi connectivity index (χ1v) is 8.34. The number of ether oxygens (including phenoxy) is 1. The number of rotatable bonds is 6. The molecule has 20 heavy (non-hydrogen) atoms. The highest BCUT2D eigenvalue weighted by atomic mass is 32.1. The molecule has 0 aliphatic carbocycles. The Kier molecular flexibility index (Phi) is 5.49. The van der Waals surface area contributed by atoms with E-state index in [0.717, 1.165) is 28.6 Å². The van der Waals surface area contributed by atoms with Crippen molar-refractivity contribution in [3.05, 3.63) is 45.4 Å². The fourth-order valence-electron chi connectivity index (χ4n) is 2.08. The van der Waals surface area contributed by atoms with Crippen LogP contribution in [0.4, 0.5) is 0 Å². The smallest absolute Gasteiger partial charge is 0.122 e. The molecular formula is C16H21NOS2. The number of benzene rings is 1. The van der Waals surface area contributed by atoms with Gasteiger partial charge in [-0.05, 0) is 24.5 Å². The molecule has 0 fully saturated rings. The van der Waals surface area contributed by atoms with Gasteiger partial charge < -0.3 is 4.74 Å². The summed E-state index contributed by atoms with van der Waals surface area (Å²) in [6, 6.07) is 8.26. The molecule has 0 N–H and O–H groups in total. The fraction of sp³-hybridized carbons (Fsp3) is 0.438. The third-order valence-corrected chi connectivity index (χ3v) is 4.94. The Labute approximate surface area is 130 Å². The van der Waals surface area contributed by atoms with Crippen molar-refractivity contribution in [1.29, 1.82) is 0 Å². The Hall–Kier alpha value is -1.00. The van der Waals surface area contributed by atoms with Crippen molar-refractivity contribution in [3.63, 3.8) is 0 Å². The van der Waals surface area contributed by atoms with Crippen LogP contribution >= 0.6 is 24.0 Å². The van der Waals surface area contributed by atoms with E-state index in [1.165, 1.54) is 10.4 Å². The SMILES string of the molecule is Cc1nc(CCOc2ccccc2C(C)C)sc1CS. The maximum atomic E-state index is 5.93. The van der Waals surface area contributed by atoms with E-state index in [-0.39, 0.29) is 0 Å². The zero-order chi connectivity index (χ0) is 14.5. The Morgan fingerprint density at radius 1 is 1.30 bits per heavy atom. The van der Waals surface area contributed by atoms with Crippen LogP contribution < -0.4 is 4.74 Å². The summed E-state index contributed by atoms with van der Waals surface area (Å²) in [7, 11) is 0. The lowest BCUT2D eigenvalue weighted by Gasteiger charge is -2.13. The maximum absolute atomic E-state index is 5.93. The number of nitrogens with zero attached hydrogens (tertiary/aromatic N) is 1. The van der Waals surface area contributed by atoms with E-state index in [1.807, 2.05) is 19.1 Å². The summed E-state index contributed by atoms with van der Waals surface area (Å²) < 4.78 is 5.93. The van der Waals surface area contributed by atoms with Crippen LogP contribution in [-0.4, -0.2) is 11.6 Å². The molecule has 108 valence electrons. The first-order chi connectivity index (χ1) is 9.61. The summed E-state index contributed by atoms with van der Waals surface area (Å²) in [5.74, 6) is 2.23. The number of aryl methyl sites for hydroxylation is 1. The quantitative estimate of drug-likeness (QED) is 0.786. The summed E-state index contributed by atoms with van der Waals surface area (Å²) in [4.78, 5) is 5.82.